The third-order valence-electron chi connectivity index (χ3n) is 5.95. The van der Waals surface area contributed by atoms with E-state index in [9.17, 15) is 18.0 Å². The number of carbonyl (C=O) groups is 2. The number of benzene rings is 1. The fourth-order valence-electron chi connectivity index (χ4n) is 4.09. The van der Waals surface area contributed by atoms with Crippen LogP contribution in [0.25, 0.3) is 0 Å². The third kappa shape index (κ3) is 4.40. The molecule has 2 amide bonds. The predicted molar refractivity (Wildman–Crippen MR) is 107 cm³/mol. The van der Waals surface area contributed by atoms with Gasteiger partial charge in [-0.2, -0.15) is 0 Å². The van der Waals surface area contributed by atoms with E-state index in [0.29, 0.717) is 0 Å². The number of nitrogens with one attached hydrogen (secondary N) is 1. The lowest BCUT2D eigenvalue weighted by Crippen LogP contribution is -2.50. The van der Waals surface area contributed by atoms with Gasteiger partial charge in [0.1, 0.15) is 6.04 Å². The summed E-state index contributed by atoms with van der Waals surface area (Å²) < 4.78 is 27.1. The Morgan fingerprint density at radius 1 is 1.00 bits per heavy atom. The molecule has 2 aliphatic rings. The molecule has 0 spiro atoms. The van der Waals surface area contributed by atoms with Gasteiger partial charge in [-0.3, -0.25) is 9.59 Å². The smallest absolute Gasteiger partial charge is 0.267 e. The van der Waals surface area contributed by atoms with Gasteiger partial charge in [0.25, 0.3) is 10.0 Å². The van der Waals surface area contributed by atoms with Crippen LogP contribution < -0.4 is 5.32 Å². The highest BCUT2D eigenvalue weighted by molar-refractivity contribution is 7.89. The van der Waals surface area contributed by atoms with E-state index in [0.717, 1.165) is 41.1 Å². The van der Waals surface area contributed by atoms with Crippen LogP contribution in [0, 0.1) is 13.8 Å². The van der Waals surface area contributed by atoms with Crippen molar-refractivity contribution in [2.24, 2.45) is 0 Å². The van der Waals surface area contributed by atoms with Gasteiger partial charge in [0.05, 0.1) is 4.90 Å². The second kappa shape index (κ2) is 8.64. The molecule has 3 rings (SSSR count). The first kappa shape index (κ1) is 20.8. The van der Waals surface area contributed by atoms with Gasteiger partial charge in [0, 0.05) is 12.5 Å². The third-order valence-corrected chi connectivity index (χ3v) is 7.78. The second-order valence-electron chi connectivity index (χ2n) is 8.05. The zero-order valence-electron chi connectivity index (χ0n) is 16.7. The van der Waals surface area contributed by atoms with Crippen LogP contribution >= 0.6 is 0 Å². The molecule has 0 bridgehead atoms. The molecule has 7 heteroatoms. The van der Waals surface area contributed by atoms with Gasteiger partial charge in [-0.15, -0.1) is 0 Å². The van der Waals surface area contributed by atoms with Crippen molar-refractivity contribution >= 4 is 21.8 Å². The van der Waals surface area contributed by atoms with E-state index in [1.165, 1.54) is 25.3 Å². The second-order valence-corrected chi connectivity index (χ2v) is 9.86. The maximum atomic E-state index is 13.1. The van der Waals surface area contributed by atoms with Crippen molar-refractivity contribution in [2.75, 3.05) is 0 Å². The Labute approximate surface area is 167 Å². The highest BCUT2D eigenvalue weighted by Gasteiger charge is 2.44. The summed E-state index contributed by atoms with van der Waals surface area (Å²) >= 11 is 0. The number of amides is 2. The lowest BCUT2D eigenvalue weighted by Gasteiger charge is -2.27. The number of aryl methyl sites for hydroxylation is 2. The Balaban J connectivity index is 1.79. The summed E-state index contributed by atoms with van der Waals surface area (Å²) in [6.45, 7) is 3.73. The number of hydrogen-bond donors (Lipinski definition) is 1. The molecular weight excluding hydrogens is 376 g/mol. The van der Waals surface area contributed by atoms with Crippen molar-refractivity contribution in [2.45, 2.75) is 88.6 Å². The number of rotatable bonds is 4. The zero-order chi connectivity index (χ0) is 20.3. The van der Waals surface area contributed by atoms with Crippen LogP contribution in [-0.4, -0.2) is 36.6 Å². The van der Waals surface area contributed by atoms with Gasteiger partial charge in [0.15, 0.2) is 0 Å². The topological polar surface area (TPSA) is 83.6 Å². The SMILES string of the molecule is Cc1ccc(S(=O)(=O)N2C(=O)CC[C@@H]2C(=O)NC2CCCCCCC2)cc1C. The molecule has 0 radical (unpaired) electrons. The number of nitrogens with zero attached hydrogens (tertiary/aromatic N) is 1. The van der Waals surface area contributed by atoms with Gasteiger partial charge < -0.3 is 5.32 Å². The van der Waals surface area contributed by atoms with Crippen molar-refractivity contribution in [3.63, 3.8) is 0 Å². The molecule has 0 aromatic heterocycles. The van der Waals surface area contributed by atoms with Crippen molar-refractivity contribution in [3.05, 3.63) is 29.3 Å². The van der Waals surface area contributed by atoms with Gasteiger partial charge in [0.2, 0.25) is 11.8 Å². The minimum Gasteiger partial charge on any atom is -0.352 e. The van der Waals surface area contributed by atoms with Crippen molar-refractivity contribution < 1.29 is 18.0 Å². The molecule has 1 N–H and O–H groups in total. The number of carbonyl (C=O) groups excluding carboxylic acids is 2. The fraction of sp³-hybridized carbons (Fsp3) is 0.619. The fourth-order valence-corrected chi connectivity index (χ4v) is 5.77. The highest BCUT2D eigenvalue weighted by Crippen LogP contribution is 2.29. The Hall–Kier alpha value is -1.89. The van der Waals surface area contributed by atoms with Crippen molar-refractivity contribution in [3.8, 4) is 0 Å². The summed E-state index contributed by atoms with van der Waals surface area (Å²) in [5, 5.41) is 3.03. The normalized spacial score (nSPS) is 22.0. The molecule has 2 fully saturated rings. The monoisotopic (exact) mass is 406 g/mol. The van der Waals surface area contributed by atoms with E-state index in [1.54, 1.807) is 12.1 Å². The van der Waals surface area contributed by atoms with Crippen molar-refractivity contribution in [1.29, 1.82) is 0 Å². The standard InChI is InChI=1S/C21H30N2O4S/c1-15-10-11-18(14-16(15)2)28(26,27)23-19(12-13-20(23)24)21(25)22-17-8-6-4-3-5-7-9-17/h10-11,14,17,19H,3-9,12-13H2,1-2H3,(H,22,25)/t19-/m1/s1. The highest BCUT2D eigenvalue weighted by atomic mass is 32.2. The Morgan fingerprint density at radius 2 is 1.64 bits per heavy atom. The molecule has 154 valence electrons. The Bertz CT molecular complexity index is 842. The van der Waals surface area contributed by atoms with Crippen LogP contribution in [0.2, 0.25) is 0 Å². The summed E-state index contributed by atoms with van der Waals surface area (Å²) in [6, 6.07) is 3.92. The van der Waals surface area contributed by atoms with Crippen molar-refractivity contribution in [1.82, 2.24) is 9.62 Å². The first-order valence-electron chi connectivity index (χ1n) is 10.3. The minimum absolute atomic E-state index is 0.0644. The first-order chi connectivity index (χ1) is 13.3. The van der Waals surface area contributed by atoms with E-state index in [4.69, 9.17) is 0 Å². The zero-order valence-corrected chi connectivity index (χ0v) is 17.6. The summed E-state index contributed by atoms with van der Waals surface area (Å²) in [7, 11) is -4.05. The average molecular weight is 407 g/mol. The van der Waals surface area contributed by atoms with Crippen LogP contribution in [0.15, 0.2) is 23.1 Å². The molecule has 1 aliphatic carbocycles. The molecule has 1 saturated carbocycles. The van der Waals surface area contributed by atoms with Gasteiger partial charge in [-0.25, -0.2) is 12.7 Å². The van der Waals surface area contributed by atoms with E-state index in [1.807, 2.05) is 13.8 Å². The molecule has 1 saturated heterocycles. The first-order valence-corrected chi connectivity index (χ1v) is 11.7. The minimum atomic E-state index is -4.05. The van der Waals surface area contributed by atoms with Gasteiger partial charge in [-0.1, -0.05) is 38.2 Å². The molecule has 1 heterocycles. The van der Waals surface area contributed by atoms with E-state index in [2.05, 4.69) is 5.32 Å². The maximum absolute atomic E-state index is 13.1. The molecule has 1 atom stereocenters. The van der Waals surface area contributed by atoms with E-state index in [-0.39, 0.29) is 29.7 Å². The van der Waals surface area contributed by atoms with E-state index < -0.39 is 22.0 Å². The Kier molecular flexibility index (Phi) is 6.43. The van der Waals surface area contributed by atoms with Crippen LogP contribution in [0.5, 0.6) is 0 Å². The maximum Gasteiger partial charge on any atom is 0.267 e. The number of hydrogen-bond acceptors (Lipinski definition) is 4. The van der Waals surface area contributed by atoms with Gasteiger partial charge in [-0.05, 0) is 56.4 Å². The van der Waals surface area contributed by atoms with E-state index >= 15 is 0 Å². The van der Waals surface area contributed by atoms with Gasteiger partial charge >= 0.3 is 0 Å². The molecule has 1 aliphatic heterocycles. The van der Waals surface area contributed by atoms with Crippen LogP contribution in [0.4, 0.5) is 0 Å². The molecule has 1 aromatic carbocycles. The van der Waals surface area contributed by atoms with Crippen LogP contribution in [-0.2, 0) is 19.6 Å². The molecule has 6 nitrogen and oxygen atoms in total. The summed E-state index contributed by atoms with van der Waals surface area (Å²) in [6.07, 6.45) is 7.85. The predicted octanol–water partition coefficient (Wildman–Crippen LogP) is 3.21. The summed E-state index contributed by atoms with van der Waals surface area (Å²) in [5.41, 5.74) is 1.81. The summed E-state index contributed by atoms with van der Waals surface area (Å²) in [4.78, 5) is 25.4. The quantitative estimate of drug-likeness (QED) is 0.832. The lowest BCUT2D eigenvalue weighted by molar-refractivity contribution is -0.131. The Morgan fingerprint density at radius 3 is 2.29 bits per heavy atom. The molecular formula is C21H30N2O4S. The number of sulfonamides is 1. The largest absolute Gasteiger partial charge is 0.352 e. The van der Waals surface area contributed by atoms with Crippen LogP contribution in [0.3, 0.4) is 0 Å². The lowest BCUT2D eigenvalue weighted by atomic mass is 9.96. The van der Waals surface area contributed by atoms with Crippen LogP contribution in [0.1, 0.15) is 68.9 Å². The summed E-state index contributed by atoms with van der Waals surface area (Å²) in [5.74, 6) is -0.847. The molecule has 0 unspecified atom stereocenters. The molecule has 28 heavy (non-hydrogen) atoms. The average Bonchev–Trinajstić information content (AvgIpc) is 3.02. The molecule has 1 aromatic rings.